The third kappa shape index (κ3) is 1.58. The molecular formula is C8H11BrN2O. The van der Waals surface area contributed by atoms with Gasteiger partial charge >= 0.3 is 0 Å². The molecule has 0 radical (unpaired) electrons. The summed E-state index contributed by atoms with van der Waals surface area (Å²) in [4.78, 5) is 10.3. The molecule has 66 valence electrons. The van der Waals surface area contributed by atoms with Gasteiger partial charge < -0.3 is 4.79 Å². The maximum atomic E-state index is 10.3. The fourth-order valence-corrected chi connectivity index (χ4v) is 1.90. The molecule has 1 aromatic heterocycles. The zero-order chi connectivity index (χ0) is 9.14. The Labute approximate surface area is 79.9 Å². The average molecular weight is 231 g/mol. The van der Waals surface area contributed by atoms with E-state index in [-0.39, 0.29) is 0 Å². The van der Waals surface area contributed by atoms with Gasteiger partial charge in [0, 0.05) is 13.5 Å². The highest BCUT2D eigenvalue weighted by Gasteiger charge is 2.10. The van der Waals surface area contributed by atoms with E-state index in [1.807, 2.05) is 14.0 Å². The molecule has 0 amide bonds. The lowest BCUT2D eigenvalue weighted by atomic mass is 10.2. The predicted molar refractivity (Wildman–Crippen MR) is 50.1 cm³/mol. The minimum absolute atomic E-state index is 0.421. The van der Waals surface area contributed by atoms with Crippen LogP contribution in [0.4, 0.5) is 0 Å². The van der Waals surface area contributed by atoms with Gasteiger partial charge in [0.05, 0.1) is 15.9 Å². The van der Waals surface area contributed by atoms with E-state index in [1.165, 1.54) is 0 Å². The minimum atomic E-state index is 0.421. The summed E-state index contributed by atoms with van der Waals surface area (Å²) in [5.74, 6) is 0. The molecule has 0 aliphatic carbocycles. The van der Waals surface area contributed by atoms with Gasteiger partial charge in [0.2, 0.25) is 0 Å². The van der Waals surface area contributed by atoms with Crippen molar-refractivity contribution in [1.82, 2.24) is 9.78 Å². The molecule has 12 heavy (non-hydrogen) atoms. The van der Waals surface area contributed by atoms with Crippen LogP contribution in [0.3, 0.4) is 0 Å². The van der Waals surface area contributed by atoms with Crippen molar-refractivity contribution < 1.29 is 4.79 Å². The number of rotatable bonds is 3. The van der Waals surface area contributed by atoms with Crippen LogP contribution in [0.25, 0.3) is 0 Å². The highest BCUT2D eigenvalue weighted by atomic mass is 79.9. The van der Waals surface area contributed by atoms with Crippen LogP contribution in [-0.2, 0) is 24.7 Å². The molecule has 0 bridgehead atoms. The van der Waals surface area contributed by atoms with Gasteiger partial charge in [-0.25, -0.2) is 0 Å². The summed E-state index contributed by atoms with van der Waals surface area (Å²) in [6, 6.07) is 0. The molecule has 0 aromatic carbocycles. The Balaban J connectivity index is 3.09. The normalized spacial score (nSPS) is 10.2. The number of carbonyl (C=O) groups excluding carboxylic acids is 1. The first-order chi connectivity index (χ1) is 5.70. The Morgan fingerprint density at radius 2 is 2.33 bits per heavy atom. The van der Waals surface area contributed by atoms with Crippen LogP contribution in [0.5, 0.6) is 0 Å². The summed E-state index contributed by atoms with van der Waals surface area (Å²) in [5, 5.41) is 4.26. The molecule has 0 aliphatic rings. The van der Waals surface area contributed by atoms with Crippen LogP contribution in [-0.4, -0.2) is 16.1 Å². The van der Waals surface area contributed by atoms with Crippen molar-refractivity contribution >= 4 is 22.2 Å². The number of hydrogen-bond acceptors (Lipinski definition) is 2. The molecule has 1 rings (SSSR count). The monoisotopic (exact) mass is 230 g/mol. The largest absolute Gasteiger partial charge is 0.303 e. The fraction of sp³-hybridized carbons (Fsp3) is 0.500. The van der Waals surface area contributed by atoms with E-state index >= 15 is 0 Å². The van der Waals surface area contributed by atoms with Crippen LogP contribution >= 0.6 is 15.9 Å². The Kier molecular flexibility index (Phi) is 3.03. The van der Waals surface area contributed by atoms with Crippen LogP contribution in [0.15, 0.2) is 4.47 Å². The van der Waals surface area contributed by atoms with E-state index < -0.39 is 0 Å². The van der Waals surface area contributed by atoms with E-state index in [0.29, 0.717) is 6.42 Å². The first kappa shape index (κ1) is 9.45. The smallest absolute Gasteiger partial charge is 0.125 e. The molecule has 1 aromatic rings. The second-order valence-electron chi connectivity index (χ2n) is 2.56. The van der Waals surface area contributed by atoms with Gasteiger partial charge in [0.15, 0.2) is 0 Å². The maximum Gasteiger partial charge on any atom is 0.125 e. The molecule has 4 heteroatoms. The van der Waals surface area contributed by atoms with Crippen molar-refractivity contribution in [2.24, 2.45) is 7.05 Å². The lowest BCUT2D eigenvalue weighted by Crippen LogP contribution is -1.98. The molecule has 0 N–H and O–H groups in total. The SMILES string of the molecule is CCc1nn(C)c(CC=O)c1Br. The molecule has 0 atom stereocenters. The van der Waals surface area contributed by atoms with Gasteiger partial charge in [0.1, 0.15) is 6.29 Å². The van der Waals surface area contributed by atoms with E-state index in [2.05, 4.69) is 21.0 Å². The van der Waals surface area contributed by atoms with Gasteiger partial charge in [-0.3, -0.25) is 4.68 Å². The van der Waals surface area contributed by atoms with Gasteiger partial charge in [-0.15, -0.1) is 0 Å². The predicted octanol–water partition coefficient (Wildman–Crippen LogP) is 1.49. The topological polar surface area (TPSA) is 34.9 Å². The molecular weight excluding hydrogens is 220 g/mol. The highest BCUT2D eigenvalue weighted by Crippen LogP contribution is 2.21. The van der Waals surface area contributed by atoms with E-state index in [1.54, 1.807) is 4.68 Å². The lowest BCUT2D eigenvalue weighted by molar-refractivity contribution is -0.107. The molecule has 1 heterocycles. The summed E-state index contributed by atoms with van der Waals surface area (Å²) in [6.07, 6.45) is 2.19. The van der Waals surface area contributed by atoms with Gasteiger partial charge in [-0.05, 0) is 22.4 Å². The molecule has 0 fully saturated rings. The van der Waals surface area contributed by atoms with Crippen LogP contribution in [0.2, 0.25) is 0 Å². The number of aromatic nitrogens is 2. The number of nitrogens with zero attached hydrogens (tertiary/aromatic N) is 2. The second kappa shape index (κ2) is 3.85. The molecule has 0 saturated heterocycles. The average Bonchev–Trinajstić information content (AvgIpc) is 2.32. The van der Waals surface area contributed by atoms with Gasteiger partial charge in [-0.2, -0.15) is 5.10 Å². The summed E-state index contributed by atoms with van der Waals surface area (Å²) >= 11 is 3.42. The molecule has 0 aliphatic heterocycles. The number of hydrogen-bond donors (Lipinski definition) is 0. The molecule has 3 nitrogen and oxygen atoms in total. The zero-order valence-electron chi connectivity index (χ0n) is 7.17. The van der Waals surface area contributed by atoms with Gasteiger partial charge in [-0.1, -0.05) is 6.92 Å². The van der Waals surface area contributed by atoms with Crippen molar-refractivity contribution in [3.63, 3.8) is 0 Å². The van der Waals surface area contributed by atoms with Gasteiger partial charge in [0.25, 0.3) is 0 Å². The van der Waals surface area contributed by atoms with E-state index in [4.69, 9.17) is 0 Å². The molecule has 0 saturated carbocycles. The maximum absolute atomic E-state index is 10.3. The Bertz CT molecular complexity index is 293. The first-order valence-corrected chi connectivity index (χ1v) is 4.63. The second-order valence-corrected chi connectivity index (χ2v) is 3.35. The standard InChI is InChI=1S/C8H11BrN2O/c1-3-6-8(9)7(4-5-12)11(2)10-6/h5H,3-4H2,1-2H3. The lowest BCUT2D eigenvalue weighted by Gasteiger charge is -1.94. The van der Waals surface area contributed by atoms with E-state index in [9.17, 15) is 4.79 Å². The quantitative estimate of drug-likeness (QED) is 0.738. The Hall–Kier alpha value is -0.640. The van der Waals surface area contributed by atoms with Crippen LogP contribution in [0, 0.1) is 0 Å². The van der Waals surface area contributed by atoms with Crippen molar-refractivity contribution in [2.75, 3.05) is 0 Å². The Morgan fingerprint density at radius 1 is 1.67 bits per heavy atom. The summed E-state index contributed by atoms with van der Waals surface area (Å²) in [5.41, 5.74) is 1.95. The number of aryl methyl sites for hydroxylation is 2. The van der Waals surface area contributed by atoms with Crippen molar-refractivity contribution in [3.8, 4) is 0 Å². The van der Waals surface area contributed by atoms with Crippen molar-refractivity contribution in [1.29, 1.82) is 0 Å². The molecule has 0 spiro atoms. The fourth-order valence-electron chi connectivity index (χ4n) is 1.12. The number of halogens is 1. The Morgan fingerprint density at radius 3 is 2.75 bits per heavy atom. The first-order valence-electron chi connectivity index (χ1n) is 3.84. The zero-order valence-corrected chi connectivity index (χ0v) is 8.76. The number of carbonyl (C=O) groups is 1. The summed E-state index contributed by atoms with van der Waals surface area (Å²) < 4.78 is 2.72. The minimum Gasteiger partial charge on any atom is -0.303 e. The van der Waals surface area contributed by atoms with Crippen LogP contribution < -0.4 is 0 Å². The summed E-state index contributed by atoms with van der Waals surface area (Å²) in [7, 11) is 1.85. The van der Waals surface area contributed by atoms with Crippen molar-refractivity contribution in [3.05, 3.63) is 15.9 Å². The van der Waals surface area contributed by atoms with Crippen LogP contribution in [0.1, 0.15) is 18.3 Å². The summed E-state index contributed by atoms with van der Waals surface area (Å²) in [6.45, 7) is 2.04. The third-order valence-electron chi connectivity index (χ3n) is 1.78. The third-order valence-corrected chi connectivity index (χ3v) is 2.70. The highest BCUT2D eigenvalue weighted by molar-refractivity contribution is 9.10. The van der Waals surface area contributed by atoms with E-state index in [0.717, 1.165) is 28.6 Å². The van der Waals surface area contributed by atoms with Crippen molar-refractivity contribution in [2.45, 2.75) is 19.8 Å². The molecule has 0 unspecified atom stereocenters. The number of aldehydes is 1.